The molecule has 0 amide bonds. The maximum Gasteiger partial charge on any atom is 0.337 e. The summed E-state index contributed by atoms with van der Waals surface area (Å²) in [7, 11) is 0. The highest BCUT2D eigenvalue weighted by molar-refractivity contribution is 7.13. The first-order valence-corrected chi connectivity index (χ1v) is 6.29. The van der Waals surface area contributed by atoms with Gasteiger partial charge in [-0.05, 0) is 36.4 Å². The van der Waals surface area contributed by atoms with Gasteiger partial charge in [-0.1, -0.05) is 13.0 Å². The molecular weight excluding hydrogens is 234 g/mol. The molecule has 3 nitrogen and oxygen atoms in total. The van der Waals surface area contributed by atoms with Crippen molar-refractivity contribution in [1.29, 1.82) is 0 Å². The molecule has 2 aromatic rings. The first-order chi connectivity index (χ1) is 8.13. The highest BCUT2D eigenvalue weighted by Crippen LogP contribution is 2.27. The van der Waals surface area contributed by atoms with Gasteiger partial charge < -0.3 is 5.11 Å². The van der Waals surface area contributed by atoms with Crippen LogP contribution in [-0.4, -0.2) is 16.1 Å². The number of hydrogen-bond donors (Lipinski definition) is 1. The Balaban J connectivity index is 2.60. The minimum atomic E-state index is -0.907. The maximum atomic E-state index is 11.1. The third-order valence-corrected chi connectivity index (χ3v) is 3.49. The summed E-state index contributed by atoms with van der Waals surface area (Å²) in [6, 6.07) is 5.68. The number of aromatic nitrogens is 1. The van der Waals surface area contributed by atoms with Crippen molar-refractivity contribution in [2.45, 2.75) is 20.3 Å². The summed E-state index contributed by atoms with van der Waals surface area (Å²) in [6.45, 7) is 3.82. The molecule has 17 heavy (non-hydrogen) atoms. The van der Waals surface area contributed by atoms with E-state index in [9.17, 15) is 4.79 Å². The molecule has 0 aliphatic heterocycles. The Labute approximate surface area is 104 Å². The van der Waals surface area contributed by atoms with Gasteiger partial charge in [-0.15, -0.1) is 11.3 Å². The Bertz CT molecular complexity index is 547. The first-order valence-electron chi connectivity index (χ1n) is 5.41. The number of thiophene rings is 1. The number of aryl methyl sites for hydroxylation is 2. The van der Waals surface area contributed by atoms with Crippen LogP contribution in [0.4, 0.5) is 0 Å². The van der Waals surface area contributed by atoms with Crippen molar-refractivity contribution >= 4 is 17.3 Å². The molecule has 2 rings (SSSR count). The second-order valence-corrected chi connectivity index (χ2v) is 4.73. The lowest BCUT2D eigenvalue weighted by Crippen LogP contribution is -2.06. The highest BCUT2D eigenvalue weighted by atomic mass is 32.1. The summed E-state index contributed by atoms with van der Waals surface area (Å²) in [5.74, 6) is -0.907. The molecule has 0 saturated heterocycles. The van der Waals surface area contributed by atoms with E-state index < -0.39 is 5.97 Å². The van der Waals surface area contributed by atoms with Gasteiger partial charge in [-0.25, -0.2) is 4.79 Å². The molecule has 0 atom stereocenters. The Morgan fingerprint density at radius 2 is 2.29 bits per heavy atom. The molecule has 0 bridgehead atoms. The fourth-order valence-corrected chi connectivity index (χ4v) is 2.55. The lowest BCUT2D eigenvalue weighted by molar-refractivity contribution is 0.0695. The van der Waals surface area contributed by atoms with Crippen LogP contribution in [0.5, 0.6) is 0 Å². The molecule has 0 fully saturated rings. The number of carbonyl (C=O) groups is 1. The number of carboxylic acids is 1. The Morgan fingerprint density at radius 1 is 1.53 bits per heavy atom. The van der Waals surface area contributed by atoms with Gasteiger partial charge in [0.15, 0.2) is 0 Å². The summed E-state index contributed by atoms with van der Waals surface area (Å²) in [4.78, 5) is 16.7. The third-order valence-electron chi connectivity index (χ3n) is 2.61. The SMILES string of the molecule is CCc1nc(-c2cccs2)c(C)cc1C(=O)O. The van der Waals surface area contributed by atoms with Gasteiger partial charge >= 0.3 is 5.97 Å². The average Bonchev–Trinajstić information content (AvgIpc) is 2.82. The normalized spacial score (nSPS) is 10.5. The molecule has 88 valence electrons. The molecule has 0 aliphatic carbocycles. The lowest BCUT2D eigenvalue weighted by Gasteiger charge is -2.08. The Morgan fingerprint density at radius 3 is 2.82 bits per heavy atom. The van der Waals surface area contributed by atoms with Crippen LogP contribution >= 0.6 is 11.3 Å². The van der Waals surface area contributed by atoms with Gasteiger partial charge in [0.2, 0.25) is 0 Å². The molecule has 0 aliphatic rings. The van der Waals surface area contributed by atoms with Gasteiger partial charge in [-0.2, -0.15) is 0 Å². The monoisotopic (exact) mass is 247 g/mol. The molecular formula is C13H13NO2S. The van der Waals surface area contributed by atoms with Crippen molar-refractivity contribution in [3.8, 4) is 10.6 Å². The largest absolute Gasteiger partial charge is 0.478 e. The predicted octanol–water partition coefficient (Wildman–Crippen LogP) is 3.38. The quantitative estimate of drug-likeness (QED) is 0.904. The topological polar surface area (TPSA) is 50.2 Å². The van der Waals surface area contributed by atoms with Crippen LogP contribution in [0.25, 0.3) is 10.6 Å². The van der Waals surface area contributed by atoms with Gasteiger partial charge in [0.05, 0.1) is 21.8 Å². The van der Waals surface area contributed by atoms with E-state index in [1.54, 1.807) is 17.4 Å². The van der Waals surface area contributed by atoms with Crippen LogP contribution < -0.4 is 0 Å². The van der Waals surface area contributed by atoms with Crippen molar-refractivity contribution in [2.75, 3.05) is 0 Å². The molecule has 0 aromatic carbocycles. The van der Waals surface area contributed by atoms with Crippen LogP contribution in [0, 0.1) is 6.92 Å². The van der Waals surface area contributed by atoms with E-state index >= 15 is 0 Å². The van der Waals surface area contributed by atoms with Gasteiger partial charge in [0, 0.05) is 0 Å². The molecule has 4 heteroatoms. The zero-order valence-electron chi connectivity index (χ0n) is 9.73. The number of carboxylic acid groups (broad SMARTS) is 1. The standard InChI is InChI=1S/C13H13NO2S/c1-3-10-9(13(15)16)7-8(2)12(14-10)11-5-4-6-17-11/h4-7H,3H2,1-2H3,(H,15,16). The third kappa shape index (κ3) is 2.22. The van der Waals surface area contributed by atoms with E-state index in [2.05, 4.69) is 4.98 Å². The molecule has 0 radical (unpaired) electrons. The number of nitrogens with zero attached hydrogens (tertiary/aromatic N) is 1. The molecule has 1 N–H and O–H groups in total. The minimum absolute atomic E-state index is 0.310. The first kappa shape index (κ1) is 11.8. The van der Waals surface area contributed by atoms with E-state index in [1.807, 2.05) is 31.4 Å². The summed E-state index contributed by atoms with van der Waals surface area (Å²) < 4.78 is 0. The smallest absolute Gasteiger partial charge is 0.337 e. The predicted molar refractivity (Wildman–Crippen MR) is 68.6 cm³/mol. The molecule has 0 saturated carbocycles. The zero-order chi connectivity index (χ0) is 12.4. The van der Waals surface area contributed by atoms with E-state index in [1.165, 1.54) is 0 Å². The number of aromatic carboxylic acids is 1. The van der Waals surface area contributed by atoms with E-state index in [0.717, 1.165) is 16.1 Å². The van der Waals surface area contributed by atoms with E-state index in [-0.39, 0.29) is 0 Å². The van der Waals surface area contributed by atoms with Crippen molar-refractivity contribution in [3.05, 3.63) is 40.4 Å². The Kier molecular flexibility index (Phi) is 3.24. The number of hydrogen-bond acceptors (Lipinski definition) is 3. The lowest BCUT2D eigenvalue weighted by atomic mass is 10.1. The summed E-state index contributed by atoms with van der Waals surface area (Å²) >= 11 is 1.61. The number of pyridine rings is 1. The van der Waals surface area contributed by atoms with Crippen molar-refractivity contribution < 1.29 is 9.90 Å². The van der Waals surface area contributed by atoms with E-state index in [0.29, 0.717) is 17.7 Å². The zero-order valence-corrected chi connectivity index (χ0v) is 10.5. The average molecular weight is 247 g/mol. The molecule has 2 aromatic heterocycles. The fraction of sp³-hybridized carbons (Fsp3) is 0.231. The second-order valence-electron chi connectivity index (χ2n) is 3.78. The van der Waals surface area contributed by atoms with Crippen LogP contribution in [0.3, 0.4) is 0 Å². The van der Waals surface area contributed by atoms with Crippen molar-refractivity contribution in [3.63, 3.8) is 0 Å². The van der Waals surface area contributed by atoms with Crippen LogP contribution in [0.1, 0.15) is 28.5 Å². The maximum absolute atomic E-state index is 11.1. The minimum Gasteiger partial charge on any atom is -0.478 e. The van der Waals surface area contributed by atoms with Crippen molar-refractivity contribution in [2.24, 2.45) is 0 Å². The summed E-state index contributed by atoms with van der Waals surface area (Å²) in [6.07, 6.45) is 0.625. The molecule has 0 spiro atoms. The van der Waals surface area contributed by atoms with Crippen molar-refractivity contribution in [1.82, 2.24) is 4.98 Å². The summed E-state index contributed by atoms with van der Waals surface area (Å²) in [5.41, 5.74) is 2.75. The Hall–Kier alpha value is -1.68. The number of rotatable bonds is 3. The molecule has 0 unspecified atom stereocenters. The van der Waals surface area contributed by atoms with Crippen LogP contribution in [-0.2, 0) is 6.42 Å². The molecule has 2 heterocycles. The highest BCUT2D eigenvalue weighted by Gasteiger charge is 2.14. The van der Waals surface area contributed by atoms with Crippen LogP contribution in [0.2, 0.25) is 0 Å². The second kappa shape index (κ2) is 4.67. The van der Waals surface area contributed by atoms with Gasteiger partial charge in [0.1, 0.15) is 0 Å². The van der Waals surface area contributed by atoms with Gasteiger partial charge in [-0.3, -0.25) is 4.98 Å². The van der Waals surface area contributed by atoms with E-state index in [4.69, 9.17) is 5.11 Å². The summed E-state index contributed by atoms with van der Waals surface area (Å²) in [5, 5.41) is 11.1. The fourth-order valence-electron chi connectivity index (χ4n) is 1.77. The van der Waals surface area contributed by atoms with Gasteiger partial charge in [0.25, 0.3) is 0 Å². The van der Waals surface area contributed by atoms with Crippen LogP contribution in [0.15, 0.2) is 23.6 Å².